The van der Waals surface area contributed by atoms with Crippen LogP contribution in [0.4, 0.5) is 5.82 Å². The average molecular weight is 241 g/mol. The van der Waals surface area contributed by atoms with Gasteiger partial charge in [0.15, 0.2) is 0 Å². The molecule has 0 bridgehead atoms. The van der Waals surface area contributed by atoms with E-state index in [1.165, 1.54) is 0 Å². The Bertz CT molecular complexity index is 307. The first-order chi connectivity index (χ1) is 7.72. The third kappa shape index (κ3) is 5.21. The van der Waals surface area contributed by atoms with E-state index in [-0.39, 0.29) is 0 Å². The summed E-state index contributed by atoms with van der Waals surface area (Å²) >= 11 is 1.80. The van der Waals surface area contributed by atoms with Crippen LogP contribution in [0.1, 0.15) is 13.8 Å². The number of ether oxygens (including phenoxy) is 1. The van der Waals surface area contributed by atoms with Crippen molar-refractivity contribution in [1.29, 1.82) is 0 Å². The molecule has 90 valence electrons. The zero-order chi connectivity index (χ0) is 11.8. The minimum Gasteiger partial charge on any atom is -0.476 e. The standard InChI is InChI=1S/C11H19N3OS/c1-9(2)8-15-11-7-12-6-10(14-11)13-4-5-16-3/h6-7,9H,4-5,8H2,1-3H3,(H,13,14). The molecule has 0 atom stereocenters. The smallest absolute Gasteiger partial charge is 0.234 e. The maximum absolute atomic E-state index is 5.50. The molecule has 1 heterocycles. The molecular formula is C11H19N3OS. The fraction of sp³-hybridized carbons (Fsp3) is 0.636. The van der Waals surface area contributed by atoms with Crippen molar-refractivity contribution in [2.45, 2.75) is 13.8 Å². The van der Waals surface area contributed by atoms with Crippen LogP contribution >= 0.6 is 11.8 Å². The van der Waals surface area contributed by atoms with Gasteiger partial charge in [-0.05, 0) is 12.2 Å². The molecule has 0 amide bonds. The SMILES string of the molecule is CSCCNc1cncc(OCC(C)C)n1. The molecule has 0 saturated heterocycles. The van der Waals surface area contributed by atoms with E-state index in [0.29, 0.717) is 18.4 Å². The van der Waals surface area contributed by atoms with Gasteiger partial charge in [-0.15, -0.1) is 0 Å². The second-order valence-corrected chi connectivity index (χ2v) is 4.85. The molecule has 0 aliphatic heterocycles. The average Bonchev–Trinajstić information content (AvgIpc) is 2.27. The van der Waals surface area contributed by atoms with Crippen molar-refractivity contribution in [1.82, 2.24) is 9.97 Å². The molecule has 0 fully saturated rings. The maximum atomic E-state index is 5.50. The largest absolute Gasteiger partial charge is 0.476 e. The summed E-state index contributed by atoms with van der Waals surface area (Å²) in [5, 5.41) is 3.20. The molecule has 1 rings (SSSR count). The Morgan fingerprint density at radius 1 is 1.44 bits per heavy atom. The Hall–Kier alpha value is -0.970. The summed E-state index contributed by atoms with van der Waals surface area (Å²) in [4.78, 5) is 8.40. The van der Waals surface area contributed by atoms with Gasteiger partial charge in [-0.2, -0.15) is 16.7 Å². The predicted octanol–water partition coefficient (Wildman–Crippen LogP) is 2.29. The van der Waals surface area contributed by atoms with Crippen molar-refractivity contribution in [2.24, 2.45) is 5.92 Å². The first-order valence-electron chi connectivity index (χ1n) is 5.40. The lowest BCUT2D eigenvalue weighted by Crippen LogP contribution is -2.09. The third-order valence-corrected chi connectivity index (χ3v) is 2.40. The molecule has 1 aromatic rings. The summed E-state index contributed by atoms with van der Waals surface area (Å²) in [7, 11) is 0. The van der Waals surface area contributed by atoms with Crippen molar-refractivity contribution < 1.29 is 4.74 Å². The first kappa shape index (κ1) is 13.1. The molecule has 1 N–H and O–H groups in total. The Morgan fingerprint density at radius 2 is 2.25 bits per heavy atom. The number of aromatic nitrogens is 2. The second kappa shape index (κ2) is 7.33. The monoisotopic (exact) mass is 241 g/mol. The number of nitrogens with zero attached hydrogens (tertiary/aromatic N) is 2. The highest BCUT2D eigenvalue weighted by atomic mass is 32.2. The lowest BCUT2D eigenvalue weighted by molar-refractivity contribution is 0.260. The molecule has 0 saturated carbocycles. The van der Waals surface area contributed by atoms with Gasteiger partial charge in [0, 0.05) is 12.3 Å². The molecule has 0 aromatic carbocycles. The van der Waals surface area contributed by atoms with E-state index in [9.17, 15) is 0 Å². The van der Waals surface area contributed by atoms with Gasteiger partial charge in [-0.25, -0.2) is 0 Å². The second-order valence-electron chi connectivity index (χ2n) is 3.87. The fourth-order valence-electron chi connectivity index (χ4n) is 1.04. The van der Waals surface area contributed by atoms with Crippen LogP contribution in [0.2, 0.25) is 0 Å². The number of anilines is 1. The molecule has 0 aliphatic carbocycles. The van der Waals surface area contributed by atoms with E-state index in [2.05, 4.69) is 35.4 Å². The summed E-state index contributed by atoms with van der Waals surface area (Å²) < 4.78 is 5.50. The van der Waals surface area contributed by atoms with E-state index in [1.54, 1.807) is 24.2 Å². The molecule has 4 nitrogen and oxygen atoms in total. The Balaban J connectivity index is 2.43. The number of hydrogen-bond acceptors (Lipinski definition) is 5. The number of rotatable bonds is 7. The van der Waals surface area contributed by atoms with Crippen LogP contribution in [0.15, 0.2) is 12.4 Å². The summed E-state index contributed by atoms with van der Waals surface area (Å²) in [5.41, 5.74) is 0. The lowest BCUT2D eigenvalue weighted by atomic mass is 10.2. The van der Waals surface area contributed by atoms with Gasteiger partial charge in [0.25, 0.3) is 0 Å². The molecule has 1 aromatic heterocycles. The van der Waals surface area contributed by atoms with E-state index in [1.807, 2.05) is 0 Å². The molecule has 0 unspecified atom stereocenters. The van der Waals surface area contributed by atoms with E-state index >= 15 is 0 Å². The molecule has 0 radical (unpaired) electrons. The zero-order valence-electron chi connectivity index (χ0n) is 10.1. The minimum atomic E-state index is 0.495. The molecule has 5 heteroatoms. The molecule has 0 aliphatic rings. The zero-order valence-corrected chi connectivity index (χ0v) is 10.9. The summed E-state index contributed by atoms with van der Waals surface area (Å²) in [5.74, 6) is 2.91. The Kier molecular flexibility index (Phi) is 6.00. The third-order valence-electron chi connectivity index (χ3n) is 1.79. The van der Waals surface area contributed by atoms with Gasteiger partial charge >= 0.3 is 0 Å². The van der Waals surface area contributed by atoms with Gasteiger partial charge < -0.3 is 10.1 Å². The number of nitrogens with one attached hydrogen (secondary N) is 1. The minimum absolute atomic E-state index is 0.495. The van der Waals surface area contributed by atoms with Gasteiger partial charge in [-0.3, -0.25) is 4.98 Å². The van der Waals surface area contributed by atoms with E-state index in [0.717, 1.165) is 18.1 Å². The van der Waals surface area contributed by atoms with Crippen LogP contribution in [-0.4, -0.2) is 35.1 Å². The molecular weight excluding hydrogens is 222 g/mol. The van der Waals surface area contributed by atoms with Crippen molar-refractivity contribution in [3.8, 4) is 5.88 Å². The summed E-state index contributed by atoms with van der Waals surface area (Å²) in [6.07, 6.45) is 5.43. The summed E-state index contributed by atoms with van der Waals surface area (Å²) in [6.45, 7) is 5.77. The normalized spacial score (nSPS) is 10.5. The molecule has 0 spiro atoms. The maximum Gasteiger partial charge on any atom is 0.234 e. The quantitative estimate of drug-likeness (QED) is 0.742. The van der Waals surface area contributed by atoms with Crippen LogP contribution in [-0.2, 0) is 0 Å². The van der Waals surface area contributed by atoms with E-state index < -0.39 is 0 Å². The van der Waals surface area contributed by atoms with Gasteiger partial charge in [-0.1, -0.05) is 13.8 Å². The first-order valence-corrected chi connectivity index (χ1v) is 6.79. The van der Waals surface area contributed by atoms with Crippen LogP contribution in [0.3, 0.4) is 0 Å². The van der Waals surface area contributed by atoms with Crippen molar-refractivity contribution in [3.05, 3.63) is 12.4 Å². The highest BCUT2D eigenvalue weighted by molar-refractivity contribution is 7.98. The van der Waals surface area contributed by atoms with Gasteiger partial charge in [0.1, 0.15) is 5.82 Å². The fourth-order valence-corrected chi connectivity index (χ4v) is 1.34. The number of hydrogen-bond donors (Lipinski definition) is 1. The van der Waals surface area contributed by atoms with Crippen LogP contribution in [0.5, 0.6) is 5.88 Å². The van der Waals surface area contributed by atoms with Gasteiger partial charge in [0.05, 0.1) is 19.0 Å². The molecule has 16 heavy (non-hydrogen) atoms. The van der Waals surface area contributed by atoms with Gasteiger partial charge in [0.2, 0.25) is 5.88 Å². The Labute approximate surface area is 101 Å². The number of thioether (sulfide) groups is 1. The van der Waals surface area contributed by atoms with Crippen molar-refractivity contribution in [2.75, 3.05) is 30.5 Å². The highest BCUT2D eigenvalue weighted by Gasteiger charge is 2.00. The van der Waals surface area contributed by atoms with E-state index in [4.69, 9.17) is 4.74 Å². The summed E-state index contributed by atoms with van der Waals surface area (Å²) in [6, 6.07) is 0. The van der Waals surface area contributed by atoms with Crippen molar-refractivity contribution >= 4 is 17.6 Å². The van der Waals surface area contributed by atoms with Crippen molar-refractivity contribution in [3.63, 3.8) is 0 Å². The van der Waals surface area contributed by atoms with Crippen LogP contribution in [0, 0.1) is 5.92 Å². The van der Waals surface area contributed by atoms with Crippen LogP contribution in [0.25, 0.3) is 0 Å². The van der Waals surface area contributed by atoms with Crippen LogP contribution < -0.4 is 10.1 Å². The predicted molar refractivity (Wildman–Crippen MR) is 69.2 cm³/mol. The Morgan fingerprint density at radius 3 is 2.94 bits per heavy atom. The topological polar surface area (TPSA) is 47.0 Å². The highest BCUT2D eigenvalue weighted by Crippen LogP contribution is 2.10. The lowest BCUT2D eigenvalue weighted by Gasteiger charge is -2.09.